The van der Waals surface area contributed by atoms with E-state index in [1.54, 1.807) is 6.07 Å². The fourth-order valence-corrected chi connectivity index (χ4v) is 2.47. The summed E-state index contributed by atoms with van der Waals surface area (Å²) in [5, 5.41) is 12.3. The van der Waals surface area contributed by atoms with Crippen molar-refractivity contribution in [1.82, 2.24) is 5.32 Å². The van der Waals surface area contributed by atoms with Crippen molar-refractivity contribution in [1.29, 1.82) is 0 Å². The van der Waals surface area contributed by atoms with Gasteiger partial charge in [-0.25, -0.2) is 0 Å². The molecule has 126 valence electrons. The zero-order valence-corrected chi connectivity index (χ0v) is 13.6. The number of esters is 1. The lowest BCUT2D eigenvalue weighted by atomic mass is 10.0. The van der Waals surface area contributed by atoms with Crippen molar-refractivity contribution >= 4 is 11.9 Å². The van der Waals surface area contributed by atoms with Crippen LogP contribution in [0.1, 0.15) is 22.7 Å². The van der Waals surface area contributed by atoms with Crippen LogP contribution in [-0.2, 0) is 27.2 Å². The van der Waals surface area contributed by atoms with Crippen LogP contribution in [0.15, 0.2) is 54.6 Å². The molecule has 2 aromatic carbocycles. The molecule has 0 saturated heterocycles. The molecule has 0 bridgehead atoms. The van der Waals surface area contributed by atoms with Crippen LogP contribution in [0.3, 0.4) is 0 Å². The van der Waals surface area contributed by atoms with Gasteiger partial charge in [-0.15, -0.1) is 0 Å². The van der Waals surface area contributed by atoms with Crippen molar-refractivity contribution in [2.45, 2.75) is 18.9 Å². The van der Waals surface area contributed by atoms with Gasteiger partial charge in [-0.3, -0.25) is 9.59 Å². The molecule has 0 aliphatic heterocycles. The van der Waals surface area contributed by atoms with Crippen molar-refractivity contribution in [2.24, 2.45) is 0 Å². The number of rotatable bonds is 7. The van der Waals surface area contributed by atoms with E-state index in [2.05, 4.69) is 10.1 Å². The maximum absolute atomic E-state index is 12.3. The summed E-state index contributed by atoms with van der Waals surface area (Å²) < 4.78 is 4.68. The second kappa shape index (κ2) is 8.84. The Morgan fingerprint density at radius 3 is 2.17 bits per heavy atom. The summed E-state index contributed by atoms with van der Waals surface area (Å²) in [6.45, 7) is -0.181. The fourth-order valence-electron chi connectivity index (χ4n) is 2.47. The number of nitrogens with one attached hydrogen (secondary N) is 1. The van der Waals surface area contributed by atoms with E-state index in [0.717, 1.165) is 16.7 Å². The van der Waals surface area contributed by atoms with Crippen molar-refractivity contribution in [3.8, 4) is 0 Å². The van der Waals surface area contributed by atoms with Crippen LogP contribution in [-0.4, -0.2) is 30.7 Å². The lowest BCUT2D eigenvalue weighted by Crippen LogP contribution is -2.32. The van der Waals surface area contributed by atoms with Crippen LogP contribution in [0.5, 0.6) is 0 Å². The number of aliphatic hydroxyl groups is 1. The molecule has 0 aromatic heterocycles. The Morgan fingerprint density at radius 2 is 1.58 bits per heavy atom. The zero-order valence-electron chi connectivity index (χ0n) is 13.6. The van der Waals surface area contributed by atoms with Gasteiger partial charge in [-0.1, -0.05) is 54.6 Å². The largest absolute Gasteiger partial charge is 0.469 e. The van der Waals surface area contributed by atoms with Crippen LogP contribution >= 0.6 is 0 Å². The van der Waals surface area contributed by atoms with Gasteiger partial charge in [0.15, 0.2) is 0 Å². The van der Waals surface area contributed by atoms with Crippen molar-refractivity contribution < 1.29 is 19.4 Å². The number of carbonyl (C=O) groups excluding carboxylic acids is 2. The topological polar surface area (TPSA) is 75.6 Å². The molecule has 0 unspecified atom stereocenters. The summed E-state index contributed by atoms with van der Waals surface area (Å²) in [4.78, 5) is 23.8. The van der Waals surface area contributed by atoms with Gasteiger partial charge in [0, 0.05) is 0 Å². The highest BCUT2D eigenvalue weighted by atomic mass is 16.5. The van der Waals surface area contributed by atoms with Crippen LogP contribution < -0.4 is 5.32 Å². The molecule has 2 N–H and O–H groups in total. The SMILES string of the molecule is COC(=O)Cc1ccccc1CC(=O)N[C@H](CO)c1ccccc1. The minimum Gasteiger partial charge on any atom is -0.469 e. The highest BCUT2D eigenvalue weighted by Gasteiger charge is 2.15. The van der Waals surface area contributed by atoms with Gasteiger partial charge in [-0.2, -0.15) is 0 Å². The zero-order chi connectivity index (χ0) is 17.4. The number of amides is 1. The third kappa shape index (κ3) is 4.93. The molecule has 5 heteroatoms. The molecule has 1 amide bonds. The smallest absolute Gasteiger partial charge is 0.309 e. The first-order valence-electron chi connectivity index (χ1n) is 7.72. The van der Waals surface area contributed by atoms with E-state index >= 15 is 0 Å². The second-order valence-electron chi connectivity index (χ2n) is 5.41. The molecule has 2 rings (SSSR count). The number of hydrogen-bond acceptors (Lipinski definition) is 4. The van der Waals surface area contributed by atoms with Crippen molar-refractivity contribution in [3.05, 3.63) is 71.3 Å². The highest BCUT2D eigenvalue weighted by molar-refractivity contribution is 5.80. The van der Waals surface area contributed by atoms with Crippen LogP contribution in [0, 0.1) is 0 Å². The molecule has 2 aromatic rings. The normalized spacial score (nSPS) is 11.6. The Hall–Kier alpha value is -2.66. The lowest BCUT2D eigenvalue weighted by molar-refractivity contribution is -0.139. The minimum absolute atomic E-state index is 0.127. The van der Waals surface area contributed by atoms with Gasteiger partial charge in [0.25, 0.3) is 0 Å². The summed E-state index contributed by atoms with van der Waals surface area (Å²) in [5.74, 6) is -0.560. The third-order valence-electron chi connectivity index (χ3n) is 3.75. The van der Waals surface area contributed by atoms with Gasteiger partial charge >= 0.3 is 5.97 Å². The molecule has 1 atom stereocenters. The predicted octanol–water partition coefficient (Wildman–Crippen LogP) is 1.79. The number of methoxy groups -OCH3 is 1. The number of ether oxygens (including phenoxy) is 1. The standard InChI is InChI=1S/C19H21NO4/c1-24-19(23)12-16-10-6-5-9-15(16)11-18(22)20-17(13-21)14-7-3-2-4-8-14/h2-10,17,21H,11-13H2,1H3,(H,20,22)/t17-/m1/s1. The first kappa shape index (κ1) is 17.7. The lowest BCUT2D eigenvalue weighted by Gasteiger charge is -2.17. The number of benzene rings is 2. The molecule has 0 heterocycles. The number of aliphatic hydroxyl groups excluding tert-OH is 1. The van der Waals surface area contributed by atoms with Crippen LogP contribution in [0.4, 0.5) is 0 Å². The van der Waals surface area contributed by atoms with E-state index in [9.17, 15) is 14.7 Å². The monoisotopic (exact) mass is 327 g/mol. The predicted molar refractivity (Wildman–Crippen MR) is 90.3 cm³/mol. The van der Waals surface area contributed by atoms with E-state index in [-0.39, 0.29) is 31.3 Å². The maximum Gasteiger partial charge on any atom is 0.309 e. The minimum atomic E-state index is -0.452. The third-order valence-corrected chi connectivity index (χ3v) is 3.75. The summed E-state index contributed by atoms with van der Waals surface area (Å²) in [6.07, 6.45) is 0.262. The Labute approximate surface area is 141 Å². The maximum atomic E-state index is 12.3. The van der Waals surface area contributed by atoms with Crippen LogP contribution in [0.2, 0.25) is 0 Å². The number of hydrogen-bond donors (Lipinski definition) is 2. The van der Waals surface area contributed by atoms with Gasteiger partial charge in [0.1, 0.15) is 0 Å². The van der Waals surface area contributed by atoms with E-state index in [4.69, 9.17) is 0 Å². The average Bonchev–Trinajstić information content (AvgIpc) is 2.62. The van der Waals surface area contributed by atoms with E-state index < -0.39 is 6.04 Å². The first-order chi connectivity index (χ1) is 11.6. The Bertz CT molecular complexity index is 685. The quantitative estimate of drug-likeness (QED) is 0.760. The molecular formula is C19H21NO4. The van der Waals surface area contributed by atoms with E-state index in [0.29, 0.717) is 0 Å². The average molecular weight is 327 g/mol. The summed E-state index contributed by atoms with van der Waals surface area (Å²) in [6, 6.07) is 16.1. The first-order valence-corrected chi connectivity index (χ1v) is 7.72. The molecule has 0 saturated carbocycles. The Morgan fingerprint density at radius 1 is 1.00 bits per heavy atom. The Kier molecular flexibility index (Phi) is 6.51. The van der Waals surface area contributed by atoms with Crippen molar-refractivity contribution in [2.75, 3.05) is 13.7 Å². The second-order valence-corrected chi connectivity index (χ2v) is 5.41. The molecule has 24 heavy (non-hydrogen) atoms. The molecule has 0 spiro atoms. The van der Waals surface area contributed by atoms with Gasteiger partial charge < -0.3 is 15.2 Å². The molecule has 0 radical (unpaired) electrons. The van der Waals surface area contributed by atoms with Crippen LogP contribution in [0.25, 0.3) is 0 Å². The number of carbonyl (C=O) groups is 2. The summed E-state index contributed by atoms with van der Waals surface area (Å²) in [7, 11) is 1.34. The molecule has 0 aliphatic rings. The summed E-state index contributed by atoms with van der Waals surface area (Å²) >= 11 is 0. The fraction of sp³-hybridized carbons (Fsp3) is 0.263. The Balaban J connectivity index is 2.05. The summed E-state index contributed by atoms with van der Waals surface area (Å²) in [5.41, 5.74) is 2.38. The van der Waals surface area contributed by atoms with Crippen molar-refractivity contribution in [3.63, 3.8) is 0 Å². The molecule has 5 nitrogen and oxygen atoms in total. The van der Waals surface area contributed by atoms with Gasteiger partial charge in [0.05, 0.1) is 32.6 Å². The molecular weight excluding hydrogens is 306 g/mol. The van der Waals surface area contributed by atoms with Gasteiger partial charge in [-0.05, 0) is 16.7 Å². The van der Waals surface area contributed by atoms with Gasteiger partial charge in [0.2, 0.25) is 5.91 Å². The molecule has 0 fully saturated rings. The molecule has 0 aliphatic carbocycles. The van der Waals surface area contributed by atoms with E-state index in [1.165, 1.54) is 7.11 Å². The van der Waals surface area contributed by atoms with E-state index in [1.807, 2.05) is 48.5 Å². The highest BCUT2D eigenvalue weighted by Crippen LogP contribution is 2.14.